The van der Waals surface area contributed by atoms with E-state index in [4.69, 9.17) is 4.74 Å². The standard InChI is InChI=1S/C25H27BrN2O/c1-29-25-13-10-21(23-6-2-3-7-24(23)25)19-28-17-15-27(16-18-28)14-4-5-20-8-11-22(26)12-9-20/h2-13H,14-19H2,1H3. The number of ether oxygens (including phenoxy) is 1. The highest BCUT2D eigenvalue weighted by atomic mass is 79.9. The molecule has 0 spiro atoms. The van der Waals surface area contributed by atoms with Gasteiger partial charge >= 0.3 is 0 Å². The number of fused-ring (bicyclic) bond motifs is 1. The third kappa shape index (κ3) is 5.08. The summed E-state index contributed by atoms with van der Waals surface area (Å²) in [4.78, 5) is 5.08. The summed E-state index contributed by atoms with van der Waals surface area (Å²) in [6, 6.07) is 21.3. The van der Waals surface area contributed by atoms with E-state index in [2.05, 4.69) is 98.5 Å². The maximum atomic E-state index is 5.53. The highest BCUT2D eigenvalue weighted by molar-refractivity contribution is 9.10. The van der Waals surface area contributed by atoms with Gasteiger partial charge in [-0.05, 0) is 34.7 Å². The Kier molecular flexibility index (Phi) is 6.65. The van der Waals surface area contributed by atoms with Gasteiger partial charge in [-0.2, -0.15) is 0 Å². The molecule has 3 nitrogen and oxygen atoms in total. The van der Waals surface area contributed by atoms with Crippen LogP contribution in [-0.4, -0.2) is 49.6 Å². The van der Waals surface area contributed by atoms with Crippen LogP contribution >= 0.6 is 15.9 Å². The van der Waals surface area contributed by atoms with E-state index in [0.29, 0.717) is 0 Å². The largest absolute Gasteiger partial charge is 0.496 e. The molecule has 0 amide bonds. The van der Waals surface area contributed by atoms with Crippen molar-refractivity contribution in [2.45, 2.75) is 6.54 Å². The van der Waals surface area contributed by atoms with E-state index >= 15 is 0 Å². The predicted molar refractivity (Wildman–Crippen MR) is 125 cm³/mol. The number of methoxy groups -OCH3 is 1. The van der Waals surface area contributed by atoms with Gasteiger partial charge in [0.05, 0.1) is 7.11 Å². The molecule has 0 atom stereocenters. The third-order valence-electron chi connectivity index (χ3n) is 5.60. The van der Waals surface area contributed by atoms with Gasteiger partial charge in [0.1, 0.15) is 5.75 Å². The van der Waals surface area contributed by atoms with Crippen LogP contribution < -0.4 is 4.74 Å². The Balaban J connectivity index is 1.32. The zero-order valence-corrected chi connectivity index (χ0v) is 18.4. The molecule has 0 bridgehead atoms. The van der Waals surface area contributed by atoms with Gasteiger partial charge in [-0.1, -0.05) is 70.5 Å². The molecule has 0 saturated carbocycles. The van der Waals surface area contributed by atoms with Crippen molar-refractivity contribution in [2.75, 3.05) is 39.8 Å². The van der Waals surface area contributed by atoms with Gasteiger partial charge in [0, 0.05) is 49.1 Å². The molecule has 0 aliphatic carbocycles. The number of hydrogen-bond donors (Lipinski definition) is 0. The molecule has 150 valence electrons. The van der Waals surface area contributed by atoms with E-state index in [0.717, 1.165) is 49.5 Å². The van der Waals surface area contributed by atoms with Gasteiger partial charge in [0.2, 0.25) is 0 Å². The Morgan fingerprint density at radius 1 is 0.862 bits per heavy atom. The van der Waals surface area contributed by atoms with Crippen LogP contribution in [-0.2, 0) is 6.54 Å². The topological polar surface area (TPSA) is 15.7 Å². The van der Waals surface area contributed by atoms with Crippen LogP contribution in [0.4, 0.5) is 0 Å². The molecule has 1 aliphatic rings. The third-order valence-corrected chi connectivity index (χ3v) is 6.13. The predicted octanol–water partition coefficient (Wildman–Crippen LogP) is 5.44. The zero-order chi connectivity index (χ0) is 20.1. The molecule has 29 heavy (non-hydrogen) atoms. The van der Waals surface area contributed by atoms with Crippen molar-refractivity contribution in [1.82, 2.24) is 9.80 Å². The lowest BCUT2D eigenvalue weighted by Gasteiger charge is -2.34. The molecule has 0 aromatic heterocycles. The minimum atomic E-state index is 0.951. The summed E-state index contributed by atoms with van der Waals surface area (Å²) < 4.78 is 6.65. The lowest BCUT2D eigenvalue weighted by atomic mass is 10.0. The normalized spacial score (nSPS) is 15.9. The Morgan fingerprint density at radius 2 is 1.55 bits per heavy atom. The number of rotatable bonds is 6. The SMILES string of the molecule is COc1ccc(CN2CCN(CC=Cc3ccc(Br)cc3)CC2)c2ccccc12. The maximum absolute atomic E-state index is 5.53. The Bertz CT molecular complexity index is 976. The van der Waals surface area contributed by atoms with Crippen LogP contribution in [0, 0.1) is 0 Å². The Morgan fingerprint density at radius 3 is 2.28 bits per heavy atom. The van der Waals surface area contributed by atoms with Crippen molar-refractivity contribution >= 4 is 32.8 Å². The van der Waals surface area contributed by atoms with Gasteiger partial charge in [0.15, 0.2) is 0 Å². The summed E-state index contributed by atoms with van der Waals surface area (Å²) in [5, 5.41) is 2.50. The number of halogens is 1. The Hall–Kier alpha value is -2.14. The van der Waals surface area contributed by atoms with Crippen LogP contribution in [0.1, 0.15) is 11.1 Å². The number of benzene rings is 3. The first-order valence-corrected chi connectivity index (χ1v) is 10.9. The quantitative estimate of drug-likeness (QED) is 0.496. The molecule has 0 N–H and O–H groups in total. The second-order valence-corrected chi connectivity index (χ2v) is 8.42. The summed E-state index contributed by atoms with van der Waals surface area (Å²) in [5.74, 6) is 0.951. The van der Waals surface area contributed by atoms with Crippen LogP contribution in [0.25, 0.3) is 16.8 Å². The smallest absolute Gasteiger partial charge is 0.126 e. The van der Waals surface area contributed by atoms with E-state index in [9.17, 15) is 0 Å². The number of piperazine rings is 1. The maximum Gasteiger partial charge on any atom is 0.126 e. The fraction of sp³-hybridized carbons (Fsp3) is 0.280. The molecule has 4 heteroatoms. The molecule has 3 aromatic rings. The van der Waals surface area contributed by atoms with Gasteiger partial charge < -0.3 is 4.74 Å². The molecule has 1 saturated heterocycles. The average Bonchev–Trinajstić information content (AvgIpc) is 2.76. The molecule has 0 unspecified atom stereocenters. The average molecular weight is 451 g/mol. The second-order valence-electron chi connectivity index (χ2n) is 7.50. The summed E-state index contributed by atoms with van der Waals surface area (Å²) >= 11 is 3.48. The molecule has 4 rings (SSSR count). The first kappa shape index (κ1) is 20.1. The van der Waals surface area contributed by atoms with Crippen molar-refractivity contribution in [1.29, 1.82) is 0 Å². The monoisotopic (exact) mass is 450 g/mol. The molecular formula is C25H27BrN2O. The Labute approximate surface area is 181 Å². The minimum Gasteiger partial charge on any atom is -0.496 e. The molecule has 1 aliphatic heterocycles. The fourth-order valence-electron chi connectivity index (χ4n) is 3.93. The first-order chi connectivity index (χ1) is 14.2. The van der Waals surface area contributed by atoms with E-state index in [1.54, 1.807) is 7.11 Å². The minimum absolute atomic E-state index is 0.951. The van der Waals surface area contributed by atoms with Crippen LogP contribution in [0.15, 0.2) is 71.2 Å². The number of hydrogen-bond acceptors (Lipinski definition) is 3. The zero-order valence-electron chi connectivity index (χ0n) is 16.9. The van der Waals surface area contributed by atoms with Gasteiger partial charge in [0.25, 0.3) is 0 Å². The molecule has 3 aromatic carbocycles. The summed E-state index contributed by atoms with van der Waals surface area (Å²) in [6.45, 7) is 6.43. The highest BCUT2D eigenvalue weighted by Gasteiger charge is 2.17. The van der Waals surface area contributed by atoms with Gasteiger partial charge in [-0.25, -0.2) is 0 Å². The first-order valence-electron chi connectivity index (χ1n) is 10.1. The van der Waals surface area contributed by atoms with Crippen LogP contribution in [0.5, 0.6) is 5.75 Å². The summed E-state index contributed by atoms with van der Waals surface area (Å²) in [7, 11) is 1.74. The number of nitrogens with zero attached hydrogens (tertiary/aromatic N) is 2. The summed E-state index contributed by atoms with van der Waals surface area (Å²) in [6.07, 6.45) is 4.48. The van der Waals surface area contributed by atoms with Crippen molar-refractivity contribution in [3.63, 3.8) is 0 Å². The lowest BCUT2D eigenvalue weighted by Crippen LogP contribution is -2.45. The van der Waals surface area contributed by atoms with E-state index < -0.39 is 0 Å². The van der Waals surface area contributed by atoms with Crippen molar-refractivity contribution in [3.05, 3.63) is 82.3 Å². The van der Waals surface area contributed by atoms with E-state index in [-0.39, 0.29) is 0 Å². The molecular weight excluding hydrogens is 424 g/mol. The van der Waals surface area contributed by atoms with E-state index in [1.807, 2.05) is 0 Å². The molecule has 1 heterocycles. The van der Waals surface area contributed by atoms with Gasteiger partial charge in [-0.3, -0.25) is 9.80 Å². The molecule has 0 radical (unpaired) electrons. The van der Waals surface area contributed by atoms with Crippen LogP contribution in [0.2, 0.25) is 0 Å². The van der Waals surface area contributed by atoms with Crippen molar-refractivity contribution in [2.24, 2.45) is 0 Å². The van der Waals surface area contributed by atoms with Gasteiger partial charge in [-0.15, -0.1) is 0 Å². The van der Waals surface area contributed by atoms with Crippen LogP contribution in [0.3, 0.4) is 0 Å². The summed E-state index contributed by atoms with van der Waals surface area (Å²) in [5.41, 5.74) is 2.63. The lowest BCUT2D eigenvalue weighted by molar-refractivity contribution is 0.137. The van der Waals surface area contributed by atoms with Crippen molar-refractivity contribution in [3.8, 4) is 5.75 Å². The second kappa shape index (κ2) is 9.57. The highest BCUT2D eigenvalue weighted by Crippen LogP contribution is 2.29. The van der Waals surface area contributed by atoms with E-state index in [1.165, 1.54) is 21.9 Å². The molecule has 1 fully saturated rings. The fourth-order valence-corrected chi connectivity index (χ4v) is 4.20. The van der Waals surface area contributed by atoms with Crippen molar-refractivity contribution < 1.29 is 4.74 Å².